The number of nitrogens with zero attached hydrogens (tertiary/aromatic N) is 5. The van der Waals surface area contributed by atoms with Crippen LogP contribution in [0.3, 0.4) is 0 Å². The minimum atomic E-state index is -0.241. The van der Waals surface area contributed by atoms with Crippen molar-refractivity contribution in [2.45, 2.75) is 20.0 Å². The molecule has 0 unspecified atom stereocenters. The van der Waals surface area contributed by atoms with E-state index < -0.39 is 0 Å². The first kappa shape index (κ1) is 15.5. The predicted molar refractivity (Wildman–Crippen MR) is 95.0 cm³/mol. The second-order valence-electron chi connectivity index (χ2n) is 5.96. The van der Waals surface area contributed by atoms with Crippen LogP contribution in [0.1, 0.15) is 12.7 Å². The summed E-state index contributed by atoms with van der Waals surface area (Å²) in [4.78, 5) is 13.7. The maximum absolute atomic E-state index is 14.0. The first-order valence-corrected chi connectivity index (χ1v) is 9.14. The summed E-state index contributed by atoms with van der Waals surface area (Å²) < 4.78 is 16.1. The summed E-state index contributed by atoms with van der Waals surface area (Å²) in [6.07, 6.45) is 1.85. The number of fused-ring (bicyclic) bond motifs is 1. The van der Waals surface area contributed by atoms with Crippen molar-refractivity contribution >= 4 is 27.5 Å². The normalized spacial score (nSPS) is 16.2. The third-order valence-corrected chi connectivity index (χ3v) is 5.38. The number of aromatic nitrogens is 3. The lowest BCUT2D eigenvalue weighted by Gasteiger charge is -2.34. The quantitative estimate of drug-likeness (QED) is 0.728. The fraction of sp³-hybridized carbons (Fsp3) is 0.412. The van der Waals surface area contributed by atoms with Gasteiger partial charge in [-0.25, -0.2) is 14.4 Å². The van der Waals surface area contributed by atoms with E-state index in [-0.39, 0.29) is 5.82 Å². The van der Waals surface area contributed by atoms with E-state index in [0.29, 0.717) is 5.52 Å². The standard InChI is InChI=1S/C17H20FN5S/c1-2-23-14-5-3-4-13(18)16(14)20-15(23)12-21-7-9-22(10-8-21)17-19-6-11-24-17/h3-6,11H,2,7-10,12H2,1H3. The first-order valence-electron chi connectivity index (χ1n) is 8.26. The van der Waals surface area contributed by atoms with Gasteiger partial charge in [0.15, 0.2) is 10.9 Å². The predicted octanol–water partition coefficient (Wildman–Crippen LogP) is 2.97. The maximum atomic E-state index is 14.0. The zero-order valence-corrected chi connectivity index (χ0v) is 14.5. The summed E-state index contributed by atoms with van der Waals surface area (Å²) in [5.41, 5.74) is 1.37. The van der Waals surface area contributed by atoms with Gasteiger partial charge in [0.1, 0.15) is 11.3 Å². The van der Waals surface area contributed by atoms with E-state index in [4.69, 9.17) is 0 Å². The molecule has 0 N–H and O–H groups in total. The van der Waals surface area contributed by atoms with E-state index in [1.807, 2.05) is 17.6 Å². The fourth-order valence-electron chi connectivity index (χ4n) is 3.30. The van der Waals surface area contributed by atoms with Gasteiger partial charge in [-0.3, -0.25) is 4.90 Å². The van der Waals surface area contributed by atoms with Gasteiger partial charge in [-0.05, 0) is 19.1 Å². The van der Waals surface area contributed by atoms with Gasteiger partial charge in [0.05, 0.1) is 12.1 Å². The largest absolute Gasteiger partial charge is 0.346 e. The van der Waals surface area contributed by atoms with Crippen molar-refractivity contribution in [1.29, 1.82) is 0 Å². The van der Waals surface area contributed by atoms with Crippen LogP contribution in [-0.4, -0.2) is 45.6 Å². The molecule has 0 saturated carbocycles. The number of imidazole rings is 1. The van der Waals surface area contributed by atoms with Crippen molar-refractivity contribution in [2.75, 3.05) is 31.1 Å². The van der Waals surface area contributed by atoms with Crippen LogP contribution in [0.15, 0.2) is 29.8 Å². The summed E-state index contributed by atoms with van der Waals surface area (Å²) in [5.74, 6) is 0.704. The van der Waals surface area contributed by atoms with E-state index in [0.717, 1.165) is 55.7 Å². The number of benzene rings is 1. The van der Waals surface area contributed by atoms with Crippen LogP contribution in [0.25, 0.3) is 11.0 Å². The molecule has 1 aromatic carbocycles. The number of aryl methyl sites for hydroxylation is 1. The number of halogens is 1. The molecule has 24 heavy (non-hydrogen) atoms. The molecule has 0 radical (unpaired) electrons. The summed E-state index contributed by atoms with van der Waals surface area (Å²) in [6.45, 7) is 7.50. The molecule has 0 spiro atoms. The number of rotatable bonds is 4. The molecule has 3 aromatic rings. The highest BCUT2D eigenvalue weighted by molar-refractivity contribution is 7.13. The zero-order valence-electron chi connectivity index (χ0n) is 13.7. The third-order valence-electron chi connectivity index (χ3n) is 4.55. The van der Waals surface area contributed by atoms with Gasteiger partial charge in [-0.15, -0.1) is 11.3 Å². The summed E-state index contributed by atoms with van der Waals surface area (Å²) >= 11 is 1.68. The van der Waals surface area contributed by atoms with Crippen molar-refractivity contribution in [3.63, 3.8) is 0 Å². The molecule has 0 amide bonds. The monoisotopic (exact) mass is 345 g/mol. The Kier molecular flexibility index (Phi) is 4.20. The molecule has 0 bridgehead atoms. The highest BCUT2D eigenvalue weighted by atomic mass is 32.1. The van der Waals surface area contributed by atoms with Gasteiger partial charge in [-0.1, -0.05) is 6.07 Å². The van der Waals surface area contributed by atoms with Crippen LogP contribution in [-0.2, 0) is 13.1 Å². The van der Waals surface area contributed by atoms with Crippen molar-refractivity contribution in [3.8, 4) is 0 Å². The van der Waals surface area contributed by atoms with Gasteiger partial charge in [-0.2, -0.15) is 0 Å². The molecule has 1 aliphatic heterocycles. The van der Waals surface area contributed by atoms with Gasteiger partial charge in [0.25, 0.3) is 0 Å². The number of hydrogen-bond acceptors (Lipinski definition) is 5. The molecule has 126 valence electrons. The van der Waals surface area contributed by atoms with E-state index >= 15 is 0 Å². The Morgan fingerprint density at radius 1 is 1.21 bits per heavy atom. The van der Waals surface area contributed by atoms with Crippen molar-refractivity contribution in [3.05, 3.63) is 41.4 Å². The number of para-hydroxylation sites is 1. The summed E-state index contributed by atoms with van der Waals surface area (Å²) in [7, 11) is 0. The molecule has 5 nitrogen and oxygen atoms in total. The lowest BCUT2D eigenvalue weighted by molar-refractivity contribution is 0.241. The molecule has 1 saturated heterocycles. The number of thiazole rings is 1. The smallest absolute Gasteiger partial charge is 0.185 e. The Bertz CT molecular complexity index is 821. The molecule has 0 atom stereocenters. The molecule has 3 heterocycles. The fourth-order valence-corrected chi connectivity index (χ4v) is 4.00. The molecule has 4 rings (SSSR count). The number of anilines is 1. The van der Waals surface area contributed by atoms with Crippen molar-refractivity contribution < 1.29 is 4.39 Å². The molecule has 2 aromatic heterocycles. The van der Waals surface area contributed by atoms with Crippen molar-refractivity contribution in [1.82, 2.24) is 19.4 Å². The maximum Gasteiger partial charge on any atom is 0.185 e. The Labute approximate surface area is 144 Å². The Morgan fingerprint density at radius 2 is 2.04 bits per heavy atom. The molecule has 1 aliphatic rings. The van der Waals surface area contributed by atoms with E-state index in [2.05, 4.69) is 31.3 Å². The van der Waals surface area contributed by atoms with Gasteiger partial charge in [0, 0.05) is 44.3 Å². The van der Waals surface area contributed by atoms with E-state index in [1.165, 1.54) is 6.07 Å². The van der Waals surface area contributed by atoms with Gasteiger partial charge >= 0.3 is 0 Å². The summed E-state index contributed by atoms with van der Waals surface area (Å²) in [6, 6.07) is 5.17. The highest BCUT2D eigenvalue weighted by Crippen LogP contribution is 2.22. The molecule has 7 heteroatoms. The highest BCUT2D eigenvalue weighted by Gasteiger charge is 2.21. The Balaban J connectivity index is 1.50. The molecule has 1 fully saturated rings. The second kappa shape index (κ2) is 6.49. The first-order chi connectivity index (χ1) is 11.8. The zero-order chi connectivity index (χ0) is 16.5. The number of piperazine rings is 1. The van der Waals surface area contributed by atoms with E-state index in [1.54, 1.807) is 17.4 Å². The third kappa shape index (κ3) is 2.78. The van der Waals surface area contributed by atoms with Crippen LogP contribution in [0, 0.1) is 5.82 Å². The van der Waals surface area contributed by atoms with E-state index in [9.17, 15) is 4.39 Å². The topological polar surface area (TPSA) is 37.2 Å². The lowest BCUT2D eigenvalue weighted by Crippen LogP contribution is -2.46. The van der Waals surface area contributed by atoms with Gasteiger partial charge in [0.2, 0.25) is 0 Å². The minimum Gasteiger partial charge on any atom is -0.346 e. The Hall–Kier alpha value is -1.99. The van der Waals surface area contributed by atoms with Crippen molar-refractivity contribution in [2.24, 2.45) is 0 Å². The van der Waals surface area contributed by atoms with Crippen LogP contribution in [0.4, 0.5) is 9.52 Å². The minimum absolute atomic E-state index is 0.241. The van der Waals surface area contributed by atoms with Crippen LogP contribution < -0.4 is 4.90 Å². The average molecular weight is 345 g/mol. The van der Waals surface area contributed by atoms with Crippen LogP contribution in [0.5, 0.6) is 0 Å². The van der Waals surface area contributed by atoms with Crippen LogP contribution in [0.2, 0.25) is 0 Å². The molecule has 0 aliphatic carbocycles. The Morgan fingerprint density at radius 3 is 2.75 bits per heavy atom. The molecular weight excluding hydrogens is 325 g/mol. The van der Waals surface area contributed by atoms with Gasteiger partial charge < -0.3 is 9.47 Å². The van der Waals surface area contributed by atoms with Crippen LogP contribution >= 0.6 is 11.3 Å². The molecular formula is C17H20FN5S. The lowest BCUT2D eigenvalue weighted by atomic mass is 10.3. The summed E-state index contributed by atoms with van der Waals surface area (Å²) in [5, 5.41) is 3.11. The second-order valence-corrected chi connectivity index (χ2v) is 6.83. The SMILES string of the molecule is CCn1c(CN2CCN(c3nccs3)CC2)nc2c(F)cccc21. The average Bonchev–Trinajstić information content (AvgIpc) is 3.24. The number of hydrogen-bond donors (Lipinski definition) is 0.